The van der Waals surface area contributed by atoms with Crippen molar-refractivity contribution in [2.75, 3.05) is 5.32 Å². The smallest absolute Gasteiger partial charge is 0.411 e. The summed E-state index contributed by atoms with van der Waals surface area (Å²) in [5.74, 6) is -5.59. The predicted molar refractivity (Wildman–Crippen MR) is 77.6 cm³/mol. The second-order valence-corrected chi connectivity index (χ2v) is 6.07. The van der Waals surface area contributed by atoms with Crippen LogP contribution in [0, 0.1) is 23.6 Å². The molecule has 3 rings (SSSR count). The highest BCUT2D eigenvalue weighted by molar-refractivity contribution is 5.87. The third kappa shape index (κ3) is 2.46. The molecule has 0 saturated heterocycles. The summed E-state index contributed by atoms with van der Waals surface area (Å²) in [6, 6.07) is 5.44. The topological polar surface area (TPSA) is 139 Å². The van der Waals surface area contributed by atoms with Crippen LogP contribution in [0.4, 0.5) is 14.9 Å². The summed E-state index contributed by atoms with van der Waals surface area (Å²) < 4.78 is 18.6. The number of carboxylic acid groups (broad SMARTS) is 2. The molecule has 2 aliphatic carbocycles. The van der Waals surface area contributed by atoms with E-state index in [9.17, 15) is 23.9 Å². The number of nitrogens with two attached hydrogens (primary N) is 1. The molecule has 2 fully saturated rings. The van der Waals surface area contributed by atoms with Crippen molar-refractivity contribution in [2.24, 2.45) is 23.5 Å². The maximum atomic E-state index is 13.5. The zero-order valence-corrected chi connectivity index (χ0v) is 12.3. The Morgan fingerprint density at radius 3 is 2.54 bits per heavy atom. The largest absolute Gasteiger partial charge is 0.481 e. The number of rotatable bonds is 4. The van der Waals surface area contributed by atoms with Crippen molar-refractivity contribution in [1.82, 2.24) is 0 Å². The molecule has 0 aliphatic heterocycles. The molecule has 24 heavy (non-hydrogen) atoms. The molecule has 5 atom stereocenters. The van der Waals surface area contributed by atoms with Gasteiger partial charge in [-0.25, -0.2) is 9.18 Å². The van der Waals surface area contributed by atoms with Gasteiger partial charge in [0.25, 0.3) is 0 Å². The fraction of sp³-hybridized carbons (Fsp3) is 0.400. The van der Waals surface area contributed by atoms with Gasteiger partial charge in [-0.1, -0.05) is 12.1 Å². The number of anilines is 1. The van der Waals surface area contributed by atoms with Crippen LogP contribution in [-0.4, -0.2) is 39.9 Å². The van der Waals surface area contributed by atoms with E-state index in [-0.39, 0.29) is 12.1 Å². The Bertz CT molecular complexity index is 726. The highest BCUT2D eigenvalue weighted by Crippen LogP contribution is 2.62. The standard InChI is InChI=1S/C15H15FN2O6/c16-6-3-1-2-4-7(6)18-14(23)24-8-5-15(17,13(21)22)11-9(8)10(11)12(19)20/h1-4,8-11H,5,17H2,(H,18,23)(H,19,20)(H,21,22)/t8-,9-,10-,11?,15-/m0/s1. The number of benzene rings is 1. The van der Waals surface area contributed by atoms with Gasteiger partial charge in [0.2, 0.25) is 0 Å². The van der Waals surface area contributed by atoms with Gasteiger partial charge in [0, 0.05) is 18.3 Å². The van der Waals surface area contributed by atoms with Crippen LogP contribution in [0.15, 0.2) is 24.3 Å². The summed E-state index contributed by atoms with van der Waals surface area (Å²) in [6.45, 7) is 0. The minimum Gasteiger partial charge on any atom is -0.481 e. The minimum absolute atomic E-state index is 0.0973. The van der Waals surface area contributed by atoms with E-state index >= 15 is 0 Å². The van der Waals surface area contributed by atoms with Gasteiger partial charge < -0.3 is 20.7 Å². The van der Waals surface area contributed by atoms with Gasteiger partial charge in [-0.15, -0.1) is 0 Å². The molecule has 0 radical (unpaired) electrons. The summed E-state index contributed by atoms with van der Waals surface area (Å²) in [4.78, 5) is 34.5. The molecular formula is C15H15FN2O6. The maximum absolute atomic E-state index is 13.5. The quantitative estimate of drug-likeness (QED) is 0.639. The number of amides is 1. The van der Waals surface area contributed by atoms with Crippen molar-refractivity contribution in [3.63, 3.8) is 0 Å². The van der Waals surface area contributed by atoms with Crippen molar-refractivity contribution in [3.05, 3.63) is 30.1 Å². The molecule has 0 spiro atoms. The number of nitrogens with one attached hydrogen (secondary N) is 1. The lowest BCUT2D eigenvalue weighted by Gasteiger charge is -2.24. The van der Waals surface area contributed by atoms with E-state index in [1.54, 1.807) is 0 Å². The molecule has 1 aromatic rings. The van der Waals surface area contributed by atoms with Crippen LogP contribution in [0.2, 0.25) is 0 Å². The van der Waals surface area contributed by atoms with Gasteiger partial charge in [0.05, 0.1) is 11.6 Å². The van der Waals surface area contributed by atoms with Crippen LogP contribution in [0.25, 0.3) is 0 Å². The summed E-state index contributed by atoms with van der Waals surface area (Å²) in [5, 5.41) is 20.6. The Kier molecular flexibility index (Phi) is 3.67. The SMILES string of the molecule is N[C@@]1(C(=O)O)C[C@H](OC(=O)Nc2ccccc2F)[C@@H]2C1[C@H]2C(=O)O. The van der Waals surface area contributed by atoms with Crippen LogP contribution in [0.5, 0.6) is 0 Å². The second kappa shape index (κ2) is 5.45. The lowest BCUT2D eigenvalue weighted by Crippen LogP contribution is -2.51. The summed E-state index contributed by atoms with van der Waals surface area (Å²) in [5.41, 5.74) is 3.97. The monoisotopic (exact) mass is 338 g/mol. The highest BCUT2D eigenvalue weighted by Gasteiger charge is 2.75. The number of aliphatic carboxylic acids is 2. The molecule has 128 valence electrons. The maximum Gasteiger partial charge on any atom is 0.411 e. The van der Waals surface area contributed by atoms with E-state index in [1.165, 1.54) is 18.2 Å². The van der Waals surface area contributed by atoms with Gasteiger partial charge in [0.15, 0.2) is 0 Å². The van der Waals surface area contributed by atoms with Crippen LogP contribution in [0.1, 0.15) is 6.42 Å². The minimum atomic E-state index is -1.75. The highest BCUT2D eigenvalue weighted by atomic mass is 19.1. The van der Waals surface area contributed by atoms with E-state index in [1.807, 2.05) is 0 Å². The second-order valence-electron chi connectivity index (χ2n) is 6.07. The molecular weight excluding hydrogens is 323 g/mol. The Labute approximate surface area is 135 Å². The number of carboxylic acids is 2. The molecule has 2 aliphatic rings. The number of para-hydroxylation sites is 1. The molecule has 2 saturated carbocycles. The number of hydrogen-bond acceptors (Lipinski definition) is 5. The fourth-order valence-corrected chi connectivity index (χ4v) is 3.57. The average molecular weight is 338 g/mol. The average Bonchev–Trinajstić information content (AvgIpc) is 3.18. The molecule has 1 amide bonds. The lowest BCUT2D eigenvalue weighted by atomic mass is 9.91. The van der Waals surface area contributed by atoms with Crippen molar-refractivity contribution in [2.45, 2.75) is 18.1 Å². The first kappa shape index (κ1) is 16.2. The third-order valence-corrected chi connectivity index (χ3v) is 4.69. The van der Waals surface area contributed by atoms with Gasteiger partial charge in [-0.3, -0.25) is 14.9 Å². The van der Waals surface area contributed by atoms with Crippen LogP contribution < -0.4 is 11.1 Å². The lowest BCUT2D eigenvalue weighted by molar-refractivity contribution is -0.146. The number of ether oxygens (including phenoxy) is 1. The van der Waals surface area contributed by atoms with Crippen molar-refractivity contribution >= 4 is 23.7 Å². The van der Waals surface area contributed by atoms with E-state index in [0.717, 1.165) is 6.07 Å². The van der Waals surface area contributed by atoms with Crippen molar-refractivity contribution in [1.29, 1.82) is 0 Å². The summed E-state index contributed by atoms with van der Waals surface area (Å²) in [7, 11) is 0. The fourth-order valence-electron chi connectivity index (χ4n) is 3.57. The number of carbonyl (C=O) groups is 3. The normalized spacial score (nSPS) is 33.4. The van der Waals surface area contributed by atoms with Gasteiger partial charge in [-0.05, 0) is 12.1 Å². The van der Waals surface area contributed by atoms with Gasteiger partial charge >= 0.3 is 18.0 Å². The molecule has 1 unspecified atom stereocenters. The van der Waals surface area contributed by atoms with Crippen LogP contribution in [0.3, 0.4) is 0 Å². The van der Waals surface area contributed by atoms with Crippen molar-refractivity contribution < 1.29 is 33.7 Å². The zero-order chi connectivity index (χ0) is 17.6. The Balaban J connectivity index is 1.71. The summed E-state index contributed by atoms with van der Waals surface area (Å²) >= 11 is 0. The number of halogens is 1. The first-order valence-electron chi connectivity index (χ1n) is 7.23. The third-order valence-electron chi connectivity index (χ3n) is 4.69. The summed E-state index contributed by atoms with van der Waals surface area (Å²) in [6.07, 6.45) is -2.13. The first-order chi connectivity index (χ1) is 11.3. The first-order valence-corrected chi connectivity index (χ1v) is 7.23. The Morgan fingerprint density at radius 2 is 1.96 bits per heavy atom. The molecule has 0 bridgehead atoms. The molecule has 9 heteroatoms. The Morgan fingerprint density at radius 1 is 1.29 bits per heavy atom. The zero-order valence-electron chi connectivity index (χ0n) is 12.3. The van der Waals surface area contributed by atoms with Crippen LogP contribution in [-0.2, 0) is 14.3 Å². The predicted octanol–water partition coefficient (Wildman–Crippen LogP) is 0.875. The van der Waals surface area contributed by atoms with E-state index < -0.39 is 53.2 Å². The molecule has 0 heterocycles. The van der Waals surface area contributed by atoms with E-state index in [4.69, 9.17) is 15.6 Å². The van der Waals surface area contributed by atoms with Gasteiger partial charge in [-0.2, -0.15) is 0 Å². The number of fused-ring (bicyclic) bond motifs is 1. The van der Waals surface area contributed by atoms with E-state index in [0.29, 0.717) is 0 Å². The number of hydrogen-bond donors (Lipinski definition) is 4. The number of carbonyl (C=O) groups excluding carboxylic acids is 1. The molecule has 8 nitrogen and oxygen atoms in total. The molecule has 1 aromatic carbocycles. The van der Waals surface area contributed by atoms with Gasteiger partial charge in [0.1, 0.15) is 17.5 Å². The Hall–Kier alpha value is -2.68. The molecule has 5 N–H and O–H groups in total. The molecule has 0 aromatic heterocycles. The van der Waals surface area contributed by atoms with Crippen LogP contribution >= 0.6 is 0 Å². The van der Waals surface area contributed by atoms with Crippen molar-refractivity contribution in [3.8, 4) is 0 Å². The van der Waals surface area contributed by atoms with E-state index in [2.05, 4.69) is 5.32 Å².